The Labute approximate surface area is 137 Å². The van der Waals surface area contributed by atoms with E-state index in [-0.39, 0.29) is 5.41 Å². The Morgan fingerprint density at radius 1 is 1.41 bits per heavy atom. The van der Waals surface area contributed by atoms with Crippen molar-refractivity contribution >= 4 is 28.9 Å². The lowest BCUT2D eigenvalue weighted by molar-refractivity contribution is 0.0630. The van der Waals surface area contributed by atoms with Gasteiger partial charge in [-0.1, -0.05) is 23.7 Å². The average Bonchev–Trinajstić information content (AvgIpc) is 2.90. The number of rotatable bonds is 3. The lowest BCUT2D eigenvalue weighted by Crippen LogP contribution is -2.35. The fraction of sp³-hybridized carbons (Fsp3) is 0.375. The van der Waals surface area contributed by atoms with Gasteiger partial charge in [0, 0.05) is 18.2 Å². The maximum atomic E-state index is 11.3. The van der Waals surface area contributed by atoms with E-state index in [1.165, 1.54) is 11.3 Å². The van der Waals surface area contributed by atoms with E-state index >= 15 is 0 Å². The molecule has 0 unspecified atom stereocenters. The number of thiazole rings is 1. The van der Waals surface area contributed by atoms with Crippen LogP contribution >= 0.6 is 22.9 Å². The van der Waals surface area contributed by atoms with Crippen molar-refractivity contribution in [3.63, 3.8) is 0 Å². The van der Waals surface area contributed by atoms with E-state index in [1.807, 2.05) is 24.3 Å². The van der Waals surface area contributed by atoms with Crippen LogP contribution in [0.15, 0.2) is 24.3 Å². The molecule has 0 bridgehead atoms. The van der Waals surface area contributed by atoms with E-state index in [0.717, 1.165) is 23.4 Å². The molecule has 4 nitrogen and oxygen atoms in total. The fourth-order valence-corrected chi connectivity index (χ4v) is 4.30. The number of carboxylic acids is 1. The maximum Gasteiger partial charge on any atom is 0.347 e. The number of hydrogen-bond acceptors (Lipinski definition) is 4. The molecule has 22 heavy (non-hydrogen) atoms. The maximum absolute atomic E-state index is 11.3. The number of hydrogen-bond donors (Lipinski definition) is 1. The van der Waals surface area contributed by atoms with Crippen molar-refractivity contribution in [1.29, 1.82) is 0 Å². The molecule has 1 saturated heterocycles. The third-order valence-electron chi connectivity index (χ3n) is 4.12. The summed E-state index contributed by atoms with van der Waals surface area (Å²) in [7, 11) is 0. The number of benzene rings is 1. The molecule has 1 aromatic carbocycles. The van der Waals surface area contributed by atoms with Gasteiger partial charge < -0.3 is 9.84 Å². The van der Waals surface area contributed by atoms with Crippen molar-refractivity contribution in [3.8, 4) is 0 Å². The van der Waals surface area contributed by atoms with E-state index in [4.69, 9.17) is 16.3 Å². The Morgan fingerprint density at radius 2 is 2.14 bits per heavy atom. The van der Waals surface area contributed by atoms with Crippen molar-refractivity contribution in [1.82, 2.24) is 4.98 Å². The molecule has 1 aliphatic heterocycles. The summed E-state index contributed by atoms with van der Waals surface area (Å²) in [6.07, 6.45) is 1.55. The van der Waals surface area contributed by atoms with Crippen LogP contribution in [-0.2, 0) is 10.2 Å². The minimum absolute atomic E-state index is 0.308. The molecule has 0 atom stereocenters. The highest BCUT2D eigenvalue weighted by atomic mass is 35.5. The summed E-state index contributed by atoms with van der Waals surface area (Å²) in [6, 6.07) is 7.75. The highest BCUT2D eigenvalue weighted by Crippen LogP contribution is 2.44. The first kappa shape index (κ1) is 15.5. The molecular weight excluding hydrogens is 322 g/mol. The Bertz CT molecular complexity index is 707. The van der Waals surface area contributed by atoms with Gasteiger partial charge in [0.25, 0.3) is 0 Å². The molecule has 1 aliphatic rings. The summed E-state index contributed by atoms with van der Waals surface area (Å²) in [6.45, 7) is 3.01. The Kier molecular flexibility index (Phi) is 4.21. The number of aryl methyl sites for hydroxylation is 1. The van der Waals surface area contributed by atoms with Crippen LogP contribution in [0, 0.1) is 6.92 Å². The number of nitrogens with zero attached hydrogens (tertiary/aromatic N) is 1. The van der Waals surface area contributed by atoms with Crippen molar-refractivity contribution in [3.05, 3.63) is 50.4 Å². The van der Waals surface area contributed by atoms with Crippen LogP contribution in [0.25, 0.3) is 0 Å². The number of aromatic nitrogens is 1. The molecular formula is C16H16ClNO3S. The zero-order chi connectivity index (χ0) is 15.7. The molecule has 3 rings (SSSR count). The standard InChI is InChI=1S/C16H16ClNO3S/c1-10-13(14(19)20)22-15(18-10)16(5-7-21-8-6-16)11-3-2-4-12(17)9-11/h2-4,9H,5-8H2,1H3,(H,19,20). The molecule has 1 aromatic heterocycles. The predicted octanol–water partition coefficient (Wildman–Crippen LogP) is 3.90. The van der Waals surface area contributed by atoms with Gasteiger partial charge in [-0.3, -0.25) is 0 Å². The van der Waals surface area contributed by atoms with Gasteiger partial charge in [0.2, 0.25) is 0 Å². The van der Waals surface area contributed by atoms with Crippen LogP contribution in [0.1, 0.15) is 38.8 Å². The number of carbonyl (C=O) groups is 1. The minimum atomic E-state index is -0.922. The van der Waals surface area contributed by atoms with Crippen LogP contribution in [-0.4, -0.2) is 29.3 Å². The molecule has 1 fully saturated rings. The third kappa shape index (κ3) is 2.64. The van der Waals surface area contributed by atoms with Crippen LogP contribution in [0.3, 0.4) is 0 Å². The molecule has 1 N–H and O–H groups in total. The second-order valence-corrected chi connectivity index (χ2v) is 6.88. The van der Waals surface area contributed by atoms with Crippen LogP contribution in [0.2, 0.25) is 5.02 Å². The molecule has 0 spiro atoms. The van der Waals surface area contributed by atoms with E-state index in [9.17, 15) is 9.90 Å². The molecule has 6 heteroatoms. The van der Waals surface area contributed by atoms with Crippen LogP contribution < -0.4 is 0 Å². The summed E-state index contributed by atoms with van der Waals surface area (Å²) in [5.41, 5.74) is 1.33. The Hall–Kier alpha value is -1.43. The van der Waals surface area contributed by atoms with Gasteiger partial charge in [0.1, 0.15) is 9.88 Å². The highest BCUT2D eigenvalue weighted by molar-refractivity contribution is 7.13. The monoisotopic (exact) mass is 337 g/mol. The predicted molar refractivity (Wildman–Crippen MR) is 86.1 cm³/mol. The van der Waals surface area contributed by atoms with Gasteiger partial charge in [-0.2, -0.15) is 0 Å². The second-order valence-electron chi connectivity index (χ2n) is 5.44. The lowest BCUT2D eigenvalue weighted by atomic mass is 9.74. The molecule has 116 valence electrons. The zero-order valence-electron chi connectivity index (χ0n) is 12.1. The summed E-state index contributed by atoms with van der Waals surface area (Å²) < 4.78 is 5.51. The van der Waals surface area contributed by atoms with Gasteiger partial charge in [-0.15, -0.1) is 11.3 Å². The summed E-state index contributed by atoms with van der Waals surface area (Å²) in [5.74, 6) is -0.922. The number of ether oxygens (including phenoxy) is 1. The Balaban J connectivity index is 2.14. The van der Waals surface area contributed by atoms with Crippen molar-refractivity contribution in [2.75, 3.05) is 13.2 Å². The fourth-order valence-electron chi connectivity index (χ4n) is 2.93. The van der Waals surface area contributed by atoms with Crippen LogP contribution in [0.4, 0.5) is 0 Å². The van der Waals surface area contributed by atoms with Crippen molar-refractivity contribution in [2.24, 2.45) is 0 Å². The third-order valence-corrected chi connectivity index (χ3v) is 5.71. The normalized spacial score (nSPS) is 17.4. The lowest BCUT2D eigenvalue weighted by Gasteiger charge is -2.36. The van der Waals surface area contributed by atoms with Crippen molar-refractivity contribution in [2.45, 2.75) is 25.2 Å². The first-order valence-corrected chi connectivity index (χ1v) is 8.27. The quantitative estimate of drug-likeness (QED) is 0.922. The van der Waals surface area contributed by atoms with Gasteiger partial charge in [-0.25, -0.2) is 9.78 Å². The first-order valence-electron chi connectivity index (χ1n) is 7.08. The highest BCUT2D eigenvalue weighted by Gasteiger charge is 2.40. The van der Waals surface area contributed by atoms with Gasteiger partial charge >= 0.3 is 5.97 Å². The summed E-state index contributed by atoms with van der Waals surface area (Å²) in [4.78, 5) is 16.2. The van der Waals surface area contributed by atoms with Gasteiger partial charge in [0.15, 0.2) is 0 Å². The molecule has 0 radical (unpaired) electrons. The minimum Gasteiger partial charge on any atom is -0.477 e. The van der Waals surface area contributed by atoms with E-state index in [0.29, 0.717) is 28.8 Å². The largest absolute Gasteiger partial charge is 0.477 e. The summed E-state index contributed by atoms with van der Waals surface area (Å²) >= 11 is 7.42. The number of aromatic carboxylic acids is 1. The summed E-state index contributed by atoms with van der Waals surface area (Å²) in [5, 5.41) is 10.8. The average molecular weight is 338 g/mol. The number of carboxylic acid groups (broad SMARTS) is 1. The molecule has 2 aromatic rings. The van der Waals surface area contributed by atoms with Gasteiger partial charge in [-0.05, 0) is 37.5 Å². The van der Waals surface area contributed by atoms with E-state index in [2.05, 4.69) is 4.98 Å². The molecule has 0 saturated carbocycles. The number of halogens is 1. The Morgan fingerprint density at radius 3 is 2.73 bits per heavy atom. The van der Waals surface area contributed by atoms with Crippen molar-refractivity contribution < 1.29 is 14.6 Å². The first-order chi connectivity index (χ1) is 10.5. The smallest absolute Gasteiger partial charge is 0.347 e. The second kappa shape index (κ2) is 5.99. The molecule has 0 aliphatic carbocycles. The van der Waals surface area contributed by atoms with Crippen LogP contribution in [0.5, 0.6) is 0 Å². The SMILES string of the molecule is Cc1nc(C2(c3cccc(Cl)c3)CCOCC2)sc1C(=O)O. The van der Waals surface area contributed by atoms with E-state index in [1.54, 1.807) is 6.92 Å². The molecule has 0 amide bonds. The zero-order valence-corrected chi connectivity index (χ0v) is 13.7. The molecule has 2 heterocycles. The van der Waals surface area contributed by atoms with E-state index < -0.39 is 5.97 Å². The topological polar surface area (TPSA) is 59.4 Å². The van der Waals surface area contributed by atoms with Gasteiger partial charge in [0.05, 0.1) is 11.1 Å².